The molecule has 1 aromatic carbocycles. The Morgan fingerprint density at radius 3 is 2.42 bits per heavy atom. The summed E-state index contributed by atoms with van der Waals surface area (Å²) in [7, 11) is 0. The average Bonchev–Trinajstić information content (AvgIpc) is 2.69. The summed E-state index contributed by atoms with van der Waals surface area (Å²) >= 11 is 1.70. The van der Waals surface area contributed by atoms with Crippen molar-refractivity contribution in [1.82, 2.24) is 4.98 Å². The standard InChI is InChI=1S/C14H17N3OS/c1-8-13(19-10(3)16-8)9(2)17-12-6-4-11(5-7-12)14(15)18/h4-7,9,17H,1-3H3,(H2,15,18). The highest BCUT2D eigenvalue weighted by atomic mass is 32.1. The van der Waals surface area contributed by atoms with E-state index in [0.717, 1.165) is 16.4 Å². The summed E-state index contributed by atoms with van der Waals surface area (Å²) < 4.78 is 0. The molecule has 1 amide bonds. The first-order valence-corrected chi connectivity index (χ1v) is 6.89. The van der Waals surface area contributed by atoms with Gasteiger partial charge in [-0.3, -0.25) is 4.79 Å². The summed E-state index contributed by atoms with van der Waals surface area (Å²) in [5.74, 6) is -0.409. The molecule has 1 unspecified atom stereocenters. The van der Waals surface area contributed by atoms with Crippen molar-refractivity contribution < 1.29 is 4.79 Å². The summed E-state index contributed by atoms with van der Waals surface area (Å²) in [5.41, 5.74) is 7.76. The lowest BCUT2D eigenvalue weighted by Crippen LogP contribution is -2.11. The van der Waals surface area contributed by atoms with Gasteiger partial charge in [-0.05, 0) is 45.0 Å². The van der Waals surface area contributed by atoms with E-state index in [2.05, 4.69) is 17.2 Å². The second kappa shape index (κ2) is 5.40. The molecule has 19 heavy (non-hydrogen) atoms. The summed E-state index contributed by atoms with van der Waals surface area (Å²) in [6, 6.07) is 7.36. The number of anilines is 1. The average molecular weight is 275 g/mol. The zero-order chi connectivity index (χ0) is 14.0. The van der Waals surface area contributed by atoms with Crippen molar-refractivity contribution in [3.8, 4) is 0 Å². The highest BCUT2D eigenvalue weighted by molar-refractivity contribution is 7.11. The van der Waals surface area contributed by atoms with Gasteiger partial charge in [-0.2, -0.15) is 0 Å². The Labute approximate surface area is 116 Å². The van der Waals surface area contributed by atoms with E-state index >= 15 is 0 Å². The number of nitrogens with two attached hydrogens (primary N) is 1. The van der Waals surface area contributed by atoms with Crippen LogP contribution in [0.25, 0.3) is 0 Å². The van der Waals surface area contributed by atoms with Crippen LogP contribution in [-0.2, 0) is 0 Å². The second-order valence-corrected chi connectivity index (χ2v) is 5.72. The van der Waals surface area contributed by atoms with Crippen molar-refractivity contribution in [2.45, 2.75) is 26.8 Å². The molecule has 2 aromatic rings. The predicted octanol–water partition coefficient (Wildman–Crippen LogP) is 3.03. The lowest BCUT2D eigenvalue weighted by molar-refractivity contribution is 0.100. The number of rotatable bonds is 4. The molecule has 100 valence electrons. The van der Waals surface area contributed by atoms with E-state index < -0.39 is 5.91 Å². The number of benzene rings is 1. The number of amides is 1. The van der Waals surface area contributed by atoms with Crippen LogP contribution in [0.2, 0.25) is 0 Å². The third-order valence-electron chi connectivity index (χ3n) is 2.89. The quantitative estimate of drug-likeness (QED) is 0.901. The van der Waals surface area contributed by atoms with Crippen molar-refractivity contribution in [3.63, 3.8) is 0 Å². The fraction of sp³-hybridized carbons (Fsp3) is 0.286. The van der Waals surface area contributed by atoms with Gasteiger partial charge >= 0.3 is 0 Å². The number of nitrogens with one attached hydrogen (secondary N) is 1. The van der Waals surface area contributed by atoms with Gasteiger partial charge in [0, 0.05) is 16.1 Å². The van der Waals surface area contributed by atoms with Crippen molar-refractivity contribution >= 4 is 22.9 Å². The SMILES string of the molecule is Cc1nc(C)c(C(C)Nc2ccc(C(N)=O)cc2)s1. The molecule has 0 aliphatic carbocycles. The number of nitrogens with zero attached hydrogens (tertiary/aromatic N) is 1. The number of carbonyl (C=O) groups excluding carboxylic acids is 1. The van der Waals surface area contributed by atoms with Gasteiger partial charge < -0.3 is 11.1 Å². The fourth-order valence-corrected chi connectivity index (χ4v) is 2.92. The minimum atomic E-state index is -0.409. The molecule has 2 rings (SSSR count). The zero-order valence-electron chi connectivity index (χ0n) is 11.2. The van der Waals surface area contributed by atoms with Crippen LogP contribution in [0.15, 0.2) is 24.3 Å². The number of carbonyl (C=O) groups is 1. The van der Waals surface area contributed by atoms with Crippen LogP contribution in [-0.4, -0.2) is 10.9 Å². The van der Waals surface area contributed by atoms with Gasteiger partial charge in [0.2, 0.25) is 5.91 Å². The number of aromatic nitrogens is 1. The molecule has 3 N–H and O–H groups in total. The Hall–Kier alpha value is -1.88. The number of aryl methyl sites for hydroxylation is 2. The molecule has 5 heteroatoms. The van der Waals surface area contributed by atoms with Crippen molar-refractivity contribution in [2.75, 3.05) is 5.32 Å². The summed E-state index contributed by atoms with van der Waals surface area (Å²) in [6.07, 6.45) is 0. The molecule has 4 nitrogen and oxygen atoms in total. The molecule has 0 radical (unpaired) electrons. The van der Waals surface area contributed by atoms with Gasteiger partial charge in [-0.1, -0.05) is 0 Å². The smallest absolute Gasteiger partial charge is 0.248 e. The first-order chi connectivity index (χ1) is 8.97. The molecule has 0 spiro atoms. The Kier molecular flexibility index (Phi) is 3.85. The summed E-state index contributed by atoms with van der Waals surface area (Å²) in [4.78, 5) is 16.7. The van der Waals surface area contributed by atoms with Crippen LogP contribution in [0.3, 0.4) is 0 Å². The number of thiazole rings is 1. The number of hydrogen-bond acceptors (Lipinski definition) is 4. The van der Waals surface area contributed by atoms with Crippen LogP contribution >= 0.6 is 11.3 Å². The highest BCUT2D eigenvalue weighted by Gasteiger charge is 2.12. The lowest BCUT2D eigenvalue weighted by Gasteiger charge is -2.14. The van der Waals surface area contributed by atoms with E-state index in [1.165, 1.54) is 4.88 Å². The van der Waals surface area contributed by atoms with E-state index in [0.29, 0.717) is 5.56 Å². The van der Waals surface area contributed by atoms with Crippen LogP contribution in [0.4, 0.5) is 5.69 Å². The van der Waals surface area contributed by atoms with Gasteiger partial charge in [0.05, 0.1) is 16.7 Å². The molecule has 0 saturated heterocycles. The topological polar surface area (TPSA) is 68.0 Å². The molecule has 1 heterocycles. The molecule has 1 atom stereocenters. The first-order valence-electron chi connectivity index (χ1n) is 6.07. The summed E-state index contributed by atoms with van der Waals surface area (Å²) in [5, 5.41) is 4.47. The molecule has 1 aromatic heterocycles. The molecule has 0 aliphatic rings. The highest BCUT2D eigenvalue weighted by Crippen LogP contribution is 2.27. The van der Waals surface area contributed by atoms with Crippen molar-refractivity contribution in [1.29, 1.82) is 0 Å². The maximum absolute atomic E-state index is 11.0. The minimum Gasteiger partial charge on any atom is -0.378 e. The van der Waals surface area contributed by atoms with E-state index in [1.807, 2.05) is 26.0 Å². The van der Waals surface area contributed by atoms with Crippen LogP contribution in [0.1, 0.15) is 38.9 Å². The van der Waals surface area contributed by atoms with Crippen LogP contribution in [0, 0.1) is 13.8 Å². The lowest BCUT2D eigenvalue weighted by atomic mass is 10.1. The Morgan fingerprint density at radius 1 is 1.32 bits per heavy atom. The molecule has 0 bridgehead atoms. The Bertz CT molecular complexity index is 589. The zero-order valence-corrected chi connectivity index (χ0v) is 12.0. The van der Waals surface area contributed by atoms with E-state index in [-0.39, 0.29) is 6.04 Å². The maximum atomic E-state index is 11.0. The van der Waals surface area contributed by atoms with Gasteiger partial charge in [0.1, 0.15) is 0 Å². The first kappa shape index (κ1) is 13.5. The second-order valence-electron chi connectivity index (χ2n) is 4.49. The largest absolute Gasteiger partial charge is 0.378 e. The molecule has 0 saturated carbocycles. The monoisotopic (exact) mass is 275 g/mol. The van der Waals surface area contributed by atoms with E-state index in [4.69, 9.17) is 5.73 Å². The van der Waals surface area contributed by atoms with Crippen LogP contribution < -0.4 is 11.1 Å². The summed E-state index contributed by atoms with van der Waals surface area (Å²) in [6.45, 7) is 6.13. The minimum absolute atomic E-state index is 0.186. The number of primary amides is 1. The molecule has 0 aliphatic heterocycles. The van der Waals surface area contributed by atoms with Gasteiger partial charge in [0.25, 0.3) is 0 Å². The van der Waals surface area contributed by atoms with Crippen LogP contribution in [0.5, 0.6) is 0 Å². The van der Waals surface area contributed by atoms with E-state index in [1.54, 1.807) is 23.5 Å². The Morgan fingerprint density at radius 2 is 1.95 bits per heavy atom. The third-order valence-corrected chi connectivity index (χ3v) is 4.14. The van der Waals surface area contributed by atoms with Crippen molar-refractivity contribution in [2.24, 2.45) is 5.73 Å². The van der Waals surface area contributed by atoms with Crippen molar-refractivity contribution in [3.05, 3.63) is 45.4 Å². The van der Waals surface area contributed by atoms with Gasteiger partial charge in [-0.25, -0.2) is 4.98 Å². The normalized spacial score (nSPS) is 12.2. The molecule has 0 fully saturated rings. The molecular formula is C14H17N3OS. The van der Waals surface area contributed by atoms with Gasteiger partial charge in [-0.15, -0.1) is 11.3 Å². The number of hydrogen-bond donors (Lipinski definition) is 2. The van der Waals surface area contributed by atoms with Gasteiger partial charge in [0.15, 0.2) is 0 Å². The fourth-order valence-electron chi connectivity index (χ4n) is 2.00. The Balaban J connectivity index is 2.12. The third kappa shape index (κ3) is 3.12. The molecular weight excluding hydrogens is 258 g/mol. The van der Waals surface area contributed by atoms with E-state index in [9.17, 15) is 4.79 Å². The predicted molar refractivity (Wildman–Crippen MR) is 78.6 cm³/mol. The maximum Gasteiger partial charge on any atom is 0.248 e.